The Morgan fingerprint density at radius 2 is 2.12 bits per heavy atom. The largest absolute Gasteiger partial charge is 0.355 e. The zero-order valence-electron chi connectivity index (χ0n) is 14.0. The quantitative estimate of drug-likeness (QED) is 0.660. The lowest BCUT2D eigenvalue weighted by atomic mass is 10.1. The molecule has 3 heterocycles. The molecule has 9 nitrogen and oxygen atoms in total. The van der Waals surface area contributed by atoms with Gasteiger partial charge in [-0.3, -0.25) is 14.6 Å². The molecule has 1 fully saturated rings. The number of hydrogen-bond donors (Lipinski definition) is 3. The molecule has 3 rings (SSSR count). The number of nitrogens with zero attached hydrogens (tertiary/aromatic N) is 4. The molecule has 132 valence electrons. The van der Waals surface area contributed by atoms with Crippen molar-refractivity contribution in [3.05, 3.63) is 42.0 Å². The van der Waals surface area contributed by atoms with Crippen LogP contribution >= 0.6 is 0 Å². The summed E-state index contributed by atoms with van der Waals surface area (Å²) in [5, 5.41) is 17.0. The van der Waals surface area contributed by atoms with Gasteiger partial charge in [0.2, 0.25) is 5.91 Å². The molecule has 0 spiro atoms. The van der Waals surface area contributed by atoms with Gasteiger partial charge in [0.05, 0.1) is 24.8 Å². The van der Waals surface area contributed by atoms with Crippen LogP contribution in [0, 0.1) is 0 Å². The summed E-state index contributed by atoms with van der Waals surface area (Å²) in [5.74, 6) is -0.175. The Morgan fingerprint density at radius 1 is 1.32 bits per heavy atom. The van der Waals surface area contributed by atoms with Crippen LogP contribution in [0.15, 0.2) is 30.7 Å². The normalized spacial score (nSPS) is 19.6. The molecule has 9 heteroatoms. The van der Waals surface area contributed by atoms with E-state index in [0.717, 1.165) is 0 Å². The molecular formula is C16H21N7O2. The third-order valence-corrected chi connectivity index (χ3v) is 4.08. The summed E-state index contributed by atoms with van der Waals surface area (Å²) in [6, 6.07) is 3.17. The number of hydrogen-bond acceptors (Lipinski definition) is 6. The van der Waals surface area contributed by atoms with Gasteiger partial charge in [-0.25, -0.2) is 4.68 Å². The first kappa shape index (κ1) is 17.0. The molecule has 2 atom stereocenters. The Kier molecular flexibility index (Phi) is 5.34. The molecule has 0 unspecified atom stereocenters. The Balaban J connectivity index is 1.53. The minimum atomic E-state index is -0.205. The number of pyridine rings is 1. The minimum absolute atomic E-state index is 0.00922. The molecule has 25 heavy (non-hydrogen) atoms. The average molecular weight is 343 g/mol. The van der Waals surface area contributed by atoms with Crippen molar-refractivity contribution in [3.8, 4) is 0 Å². The van der Waals surface area contributed by atoms with E-state index in [1.807, 2.05) is 6.92 Å². The first-order chi connectivity index (χ1) is 12.2. The van der Waals surface area contributed by atoms with Gasteiger partial charge in [-0.15, -0.1) is 5.10 Å². The highest BCUT2D eigenvalue weighted by Gasteiger charge is 2.30. The summed E-state index contributed by atoms with van der Waals surface area (Å²) < 4.78 is 1.75. The Hall–Kier alpha value is -2.81. The zero-order valence-corrected chi connectivity index (χ0v) is 14.0. The highest BCUT2D eigenvalue weighted by Crippen LogP contribution is 2.19. The van der Waals surface area contributed by atoms with Crippen LogP contribution in [0.1, 0.15) is 35.4 Å². The van der Waals surface area contributed by atoms with Crippen molar-refractivity contribution in [1.29, 1.82) is 0 Å². The Labute approximate surface area is 145 Å². The standard InChI is InChI=1S/C16H21N7O2/c1-2-18-16(25)14-7-13(9-19-14)23-10-12(21-22-23)8-20-15(24)11-3-5-17-6-4-11/h3-6,10,13-14,19H,2,7-9H2,1H3,(H,18,25)(H,20,24)/t13-,14-/m0/s1. The topological polar surface area (TPSA) is 114 Å². The second-order valence-corrected chi connectivity index (χ2v) is 5.85. The lowest BCUT2D eigenvalue weighted by Gasteiger charge is -2.10. The fraction of sp³-hybridized carbons (Fsp3) is 0.438. The third-order valence-electron chi connectivity index (χ3n) is 4.08. The molecular weight excluding hydrogens is 322 g/mol. The first-order valence-corrected chi connectivity index (χ1v) is 8.27. The molecule has 1 aliphatic rings. The van der Waals surface area contributed by atoms with E-state index in [0.29, 0.717) is 37.3 Å². The summed E-state index contributed by atoms with van der Waals surface area (Å²) in [6.45, 7) is 3.47. The van der Waals surface area contributed by atoms with Crippen molar-refractivity contribution < 1.29 is 9.59 Å². The highest BCUT2D eigenvalue weighted by molar-refractivity contribution is 5.93. The van der Waals surface area contributed by atoms with Gasteiger partial charge in [-0.05, 0) is 25.5 Å². The predicted molar refractivity (Wildman–Crippen MR) is 89.6 cm³/mol. The van der Waals surface area contributed by atoms with Gasteiger partial charge in [0, 0.05) is 31.0 Å². The van der Waals surface area contributed by atoms with E-state index in [1.54, 1.807) is 35.4 Å². The number of carbonyl (C=O) groups excluding carboxylic acids is 2. The predicted octanol–water partition coefficient (Wildman–Crippen LogP) is -0.358. The van der Waals surface area contributed by atoms with Gasteiger partial charge in [0.15, 0.2) is 0 Å². The summed E-state index contributed by atoms with van der Waals surface area (Å²) in [4.78, 5) is 27.8. The van der Waals surface area contributed by atoms with Crippen molar-refractivity contribution in [2.24, 2.45) is 0 Å². The smallest absolute Gasteiger partial charge is 0.251 e. The number of aromatic nitrogens is 4. The van der Waals surface area contributed by atoms with E-state index in [-0.39, 0.29) is 23.9 Å². The van der Waals surface area contributed by atoms with Crippen LogP contribution < -0.4 is 16.0 Å². The number of rotatable bonds is 6. The molecule has 2 aromatic heterocycles. The van der Waals surface area contributed by atoms with E-state index in [2.05, 4.69) is 31.2 Å². The molecule has 2 amide bonds. The fourth-order valence-electron chi connectivity index (χ4n) is 2.76. The lowest BCUT2D eigenvalue weighted by molar-refractivity contribution is -0.122. The lowest BCUT2D eigenvalue weighted by Crippen LogP contribution is -2.40. The number of likely N-dealkylation sites (N-methyl/N-ethyl adjacent to an activating group) is 1. The fourth-order valence-corrected chi connectivity index (χ4v) is 2.76. The summed E-state index contributed by atoms with van der Waals surface area (Å²) in [5.41, 5.74) is 1.22. The van der Waals surface area contributed by atoms with Gasteiger partial charge in [-0.2, -0.15) is 0 Å². The molecule has 1 aliphatic heterocycles. The molecule has 0 radical (unpaired) electrons. The van der Waals surface area contributed by atoms with Crippen LogP contribution in [0.25, 0.3) is 0 Å². The van der Waals surface area contributed by atoms with E-state index < -0.39 is 0 Å². The van der Waals surface area contributed by atoms with E-state index >= 15 is 0 Å². The second-order valence-electron chi connectivity index (χ2n) is 5.85. The van der Waals surface area contributed by atoms with Gasteiger partial charge in [0.25, 0.3) is 5.91 Å². The monoisotopic (exact) mass is 343 g/mol. The highest BCUT2D eigenvalue weighted by atomic mass is 16.2. The van der Waals surface area contributed by atoms with Crippen LogP contribution in [0.3, 0.4) is 0 Å². The molecule has 3 N–H and O–H groups in total. The molecule has 2 aromatic rings. The SMILES string of the molecule is CCNC(=O)[C@@H]1C[C@H](n2cc(CNC(=O)c3ccncc3)nn2)CN1. The minimum Gasteiger partial charge on any atom is -0.355 e. The summed E-state index contributed by atoms with van der Waals surface area (Å²) in [6.07, 6.45) is 5.62. The van der Waals surface area contributed by atoms with Crippen LogP contribution in [-0.2, 0) is 11.3 Å². The van der Waals surface area contributed by atoms with Crippen molar-refractivity contribution in [2.75, 3.05) is 13.1 Å². The van der Waals surface area contributed by atoms with Gasteiger partial charge >= 0.3 is 0 Å². The molecule has 0 aliphatic carbocycles. The Morgan fingerprint density at radius 3 is 2.88 bits per heavy atom. The number of amides is 2. The maximum Gasteiger partial charge on any atom is 0.251 e. The van der Waals surface area contributed by atoms with Gasteiger partial charge in [-0.1, -0.05) is 5.21 Å². The number of nitrogens with one attached hydrogen (secondary N) is 3. The van der Waals surface area contributed by atoms with Crippen molar-refractivity contribution in [2.45, 2.75) is 32.0 Å². The average Bonchev–Trinajstić information content (AvgIpc) is 3.30. The van der Waals surface area contributed by atoms with Crippen molar-refractivity contribution in [3.63, 3.8) is 0 Å². The van der Waals surface area contributed by atoms with E-state index in [4.69, 9.17) is 0 Å². The Bertz CT molecular complexity index is 731. The maximum atomic E-state index is 12.0. The number of carbonyl (C=O) groups is 2. The van der Waals surface area contributed by atoms with Gasteiger partial charge in [0.1, 0.15) is 5.69 Å². The van der Waals surface area contributed by atoms with Crippen molar-refractivity contribution >= 4 is 11.8 Å². The summed E-state index contributed by atoms with van der Waals surface area (Å²) >= 11 is 0. The second kappa shape index (κ2) is 7.84. The zero-order chi connectivity index (χ0) is 17.6. The van der Waals surface area contributed by atoms with Gasteiger partial charge < -0.3 is 16.0 Å². The van der Waals surface area contributed by atoms with E-state index in [9.17, 15) is 9.59 Å². The molecule has 1 saturated heterocycles. The van der Waals surface area contributed by atoms with Crippen molar-refractivity contribution in [1.82, 2.24) is 35.9 Å². The van der Waals surface area contributed by atoms with Crippen LogP contribution in [0.5, 0.6) is 0 Å². The molecule has 0 aromatic carbocycles. The van der Waals surface area contributed by atoms with Crippen LogP contribution in [0.2, 0.25) is 0 Å². The third kappa shape index (κ3) is 4.18. The van der Waals surface area contributed by atoms with Crippen LogP contribution in [-0.4, -0.2) is 50.9 Å². The first-order valence-electron chi connectivity index (χ1n) is 8.27. The van der Waals surface area contributed by atoms with Crippen LogP contribution in [0.4, 0.5) is 0 Å². The molecule has 0 bridgehead atoms. The van der Waals surface area contributed by atoms with E-state index in [1.165, 1.54) is 0 Å². The summed E-state index contributed by atoms with van der Waals surface area (Å²) in [7, 11) is 0. The molecule has 0 saturated carbocycles. The maximum absolute atomic E-state index is 12.0.